The van der Waals surface area contributed by atoms with Crippen LogP contribution in [0.25, 0.3) is 0 Å². The number of benzene rings is 2. The lowest BCUT2D eigenvalue weighted by molar-refractivity contribution is 0.102. The highest BCUT2D eigenvalue weighted by molar-refractivity contribution is 7.92. The molecule has 2 aliphatic heterocycles. The minimum atomic E-state index is -3.59. The summed E-state index contributed by atoms with van der Waals surface area (Å²) in [4.78, 5) is 13.5. The number of hydrogen-bond donors (Lipinski definition) is 2. The summed E-state index contributed by atoms with van der Waals surface area (Å²) in [6.07, 6.45) is 3.61. The van der Waals surface area contributed by atoms with Gasteiger partial charge in [-0.25, -0.2) is 8.42 Å². The van der Waals surface area contributed by atoms with E-state index in [1.54, 1.807) is 24.4 Å². The molecule has 198 valence electrons. The standard InChI is InChI=1S/C26H33N5O5S/c1-16-7-8-17(11-20(16)26(15-27-31-30-26)18-9-10-36-14-18)24(32)28-21-12-19(25(2,3)4)13-22(23(21)35-5)29-37(6,33)34/h7-8,11-13,15,18,29H,9-10,14H2,1-6H3,(H,28,32). The van der Waals surface area contributed by atoms with Crippen LogP contribution >= 0.6 is 0 Å². The van der Waals surface area contributed by atoms with E-state index in [4.69, 9.17) is 9.47 Å². The molecule has 1 fully saturated rings. The zero-order valence-electron chi connectivity index (χ0n) is 22.0. The second kappa shape index (κ2) is 9.86. The predicted molar refractivity (Wildman–Crippen MR) is 143 cm³/mol. The van der Waals surface area contributed by atoms with Gasteiger partial charge in [-0.15, -0.1) is 5.10 Å². The summed E-state index contributed by atoms with van der Waals surface area (Å²) in [6, 6.07) is 8.95. The van der Waals surface area contributed by atoms with E-state index in [-0.39, 0.29) is 28.7 Å². The molecule has 2 unspecified atom stereocenters. The first-order chi connectivity index (χ1) is 17.3. The topological polar surface area (TPSA) is 131 Å². The molecule has 1 saturated heterocycles. The van der Waals surface area contributed by atoms with Crippen LogP contribution in [0.2, 0.25) is 0 Å². The molecule has 2 aromatic rings. The van der Waals surface area contributed by atoms with Crippen LogP contribution in [0.1, 0.15) is 54.2 Å². The van der Waals surface area contributed by atoms with E-state index in [0.29, 0.717) is 24.5 Å². The van der Waals surface area contributed by atoms with E-state index in [0.717, 1.165) is 29.4 Å². The van der Waals surface area contributed by atoms with Gasteiger partial charge in [-0.3, -0.25) is 9.52 Å². The number of amides is 1. The van der Waals surface area contributed by atoms with Crippen molar-refractivity contribution in [3.05, 3.63) is 52.6 Å². The van der Waals surface area contributed by atoms with Gasteiger partial charge in [0.25, 0.3) is 5.91 Å². The molecular weight excluding hydrogens is 494 g/mol. The quantitative estimate of drug-likeness (QED) is 0.543. The summed E-state index contributed by atoms with van der Waals surface area (Å²) in [6.45, 7) is 9.15. The number of carbonyl (C=O) groups excluding carboxylic acids is 1. The molecule has 0 aliphatic carbocycles. The number of ether oxygens (including phenoxy) is 2. The first-order valence-corrected chi connectivity index (χ1v) is 13.9. The molecule has 1 amide bonds. The van der Waals surface area contributed by atoms with Gasteiger partial charge >= 0.3 is 0 Å². The van der Waals surface area contributed by atoms with Gasteiger partial charge in [0.2, 0.25) is 10.0 Å². The van der Waals surface area contributed by atoms with Crippen molar-refractivity contribution in [1.82, 2.24) is 0 Å². The molecule has 2 aliphatic rings. The Morgan fingerprint density at radius 2 is 1.92 bits per heavy atom. The van der Waals surface area contributed by atoms with E-state index in [1.807, 2.05) is 39.8 Å². The van der Waals surface area contributed by atoms with E-state index < -0.39 is 15.6 Å². The van der Waals surface area contributed by atoms with Gasteiger partial charge < -0.3 is 14.8 Å². The Labute approximate surface area is 217 Å². The second-order valence-electron chi connectivity index (χ2n) is 10.5. The fourth-order valence-electron chi connectivity index (χ4n) is 4.69. The molecule has 2 N–H and O–H groups in total. The maximum Gasteiger partial charge on any atom is 0.255 e. The summed E-state index contributed by atoms with van der Waals surface area (Å²) in [5, 5.41) is 15.3. The smallest absolute Gasteiger partial charge is 0.255 e. The van der Waals surface area contributed by atoms with Crippen molar-refractivity contribution >= 4 is 33.5 Å². The SMILES string of the molecule is COc1c(NC(=O)c2ccc(C)c(C3(C4CCOC4)C=NN=N3)c2)cc(C(C)(C)C)cc1NS(C)(=O)=O. The molecule has 0 radical (unpaired) electrons. The number of sulfonamides is 1. The minimum Gasteiger partial charge on any atom is -0.492 e. The fourth-order valence-corrected chi connectivity index (χ4v) is 5.24. The molecule has 0 bridgehead atoms. The number of anilines is 2. The Kier molecular flexibility index (Phi) is 7.13. The van der Waals surface area contributed by atoms with Crippen LogP contribution in [0.4, 0.5) is 11.4 Å². The van der Waals surface area contributed by atoms with Crippen LogP contribution in [0.3, 0.4) is 0 Å². The molecule has 2 atom stereocenters. The number of rotatable bonds is 7. The molecule has 10 nitrogen and oxygen atoms in total. The lowest BCUT2D eigenvalue weighted by atomic mass is 9.77. The predicted octanol–water partition coefficient (Wildman–Crippen LogP) is 4.61. The fraction of sp³-hybridized carbons (Fsp3) is 0.462. The van der Waals surface area contributed by atoms with Gasteiger partial charge in [-0.05, 0) is 64.9 Å². The molecule has 0 spiro atoms. The van der Waals surface area contributed by atoms with Crippen molar-refractivity contribution < 1.29 is 22.7 Å². The van der Waals surface area contributed by atoms with Gasteiger partial charge in [-0.2, -0.15) is 5.11 Å². The van der Waals surface area contributed by atoms with Crippen LogP contribution < -0.4 is 14.8 Å². The summed E-state index contributed by atoms with van der Waals surface area (Å²) in [7, 11) is -2.16. The molecule has 0 saturated carbocycles. The average molecular weight is 528 g/mol. The number of hydrogen-bond acceptors (Lipinski definition) is 8. The van der Waals surface area contributed by atoms with Crippen LogP contribution in [0.5, 0.6) is 5.75 Å². The third-order valence-corrected chi connectivity index (χ3v) is 7.29. The Balaban J connectivity index is 1.75. The van der Waals surface area contributed by atoms with Crippen molar-refractivity contribution in [3.63, 3.8) is 0 Å². The Morgan fingerprint density at radius 3 is 2.49 bits per heavy atom. The van der Waals surface area contributed by atoms with Crippen molar-refractivity contribution in [2.75, 3.05) is 36.6 Å². The number of methoxy groups -OCH3 is 1. The Morgan fingerprint density at radius 1 is 1.19 bits per heavy atom. The van der Waals surface area contributed by atoms with Crippen LogP contribution in [-0.4, -0.2) is 47.1 Å². The first-order valence-electron chi connectivity index (χ1n) is 12.0. The van der Waals surface area contributed by atoms with Crippen LogP contribution in [0.15, 0.2) is 45.8 Å². The van der Waals surface area contributed by atoms with Crippen LogP contribution in [0, 0.1) is 12.8 Å². The molecule has 2 aromatic carbocycles. The number of aryl methyl sites for hydroxylation is 1. The normalized spacial score (nSPS) is 21.3. The van der Waals surface area contributed by atoms with Gasteiger partial charge in [0.15, 0.2) is 11.3 Å². The maximum absolute atomic E-state index is 13.5. The Bertz CT molecular complexity index is 1360. The first kappa shape index (κ1) is 26.7. The molecule has 0 aromatic heterocycles. The van der Waals surface area contributed by atoms with E-state index >= 15 is 0 Å². The summed E-state index contributed by atoms with van der Waals surface area (Å²) >= 11 is 0. The van der Waals surface area contributed by atoms with Gasteiger partial charge in [0.1, 0.15) is 0 Å². The lowest BCUT2D eigenvalue weighted by Gasteiger charge is -2.29. The zero-order valence-corrected chi connectivity index (χ0v) is 22.8. The Hall–Kier alpha value is -3.31. The average Bonchev–Trinajstić information content (AvgIpc) is 3.50. The molecule has 11 heteroatoms. The zero-order chi connectivity index (χ0) is 27.0. The molecular formula is C26H33N5O5S. The summed E-state index contributed by atoms with van der Waals surface area (Å²) in [5.41, 5.74) is 2.54. The third kappa shape index (κ3) is 5.52. The molecule has 37 heavy (non-hydrogen) atoms. The number of nitrogens with zero attached hydrogens (tertiary/aromatic N) is 3. The number of carbonyl (C=O) groups is 1. The second-order valence-corrected chi connectivity index (χ2v) is 12.3. The van der Waals surface area contributed by atoms with Gasteiger partial charge in [0.05, 0.1) is 37.6 Å². The van der Waals surface area contributed by atoms with Crippen molar-refractivity contribution in [3.8, 4) is 5.75 Å². The highest BCUT2D eigenvalue weighted by Gasteiger charge is 2.45. The van der Waals surface area contributed by atoms with Crippen molar-refractivity contribution in [2.24, 2.45) is 21.4 Å². The van der Waals surface area contributed by atoms with Crippen LogP contribution in [-0.2, 0) is 25.7 Å². The monoisotopic (exact) mass is 527 g/mol. The summed E-state index contributed by atoms with van der Waals surface area (Å²) in [5.74, 6) is -0.0938. The van der Waals surface area contributed by atoms with Crippen molar-refractivity contribution in [1.29, 1.82) is 0 Å². The van der Waals surface area contributed by atoms with E-state index in [2.05, 4.69) is 25.5 Å². The van der Waals surface area contributed by atoms with Gasteiger partial charge in [0, 0.05) is 18.1 Å². The number of nitrogens with one attached hydrogen (secondary N) is 2. The molecule has 4 rings (SSSR count). The largest absolute Gasteiger partial charge is 0.492 e. The highest BCUT2D eigenvalue weighted by Crippen LogP contribution is 2.42. The van der Waals surface area contributed by atoms with E-state index in [1.165, 1.54) is 7.11 Å². The summed E-state index contributed by atoms with van der Waals surface area (Å²) < 4.78 is 37.7. The highest BCUT2D eigenvalue weighted by atomic mass is 32.2. The lowest BCUT2D eigenvalue weighted by Crippen LogP contribution is -2.35. The maximum atomic E-state index is 13.5. The van der Waals surface area contributed by atoms with Crippen molar-refractivity contribution in [2.45, 2.75) is 45.1 Å². The minimum absolute atomic E-state index is 0.0627. The molecule has 2 heterocycles. The van der Waals surface area contributed by atoms with Gasteiger partial charge in [-0.1, -0.05) is 26.8 Å². The third-order valence-electron chi connectivity index (χ3n) is 6.70. The van der Waals surface area contributed by atoms with E-state index in [9.17, 15) is 13.2 Å².